The number of aromatic nitrogens is 5. The molecule has 3 aromatic rings. The fourth-order valence-corrected chi connectivity index (χ4v) is 3.86. The van der Waals surface area contributed by atoms with Crippen LogP contribution in [0.5, 0.6) is 0 Å². The van der Waals surface area contributed by atoms with Crippen LogP contribution in [0.1, 0.15) is 30.1 Å². The number of benzene rings is 1. The van der Waals surface area contributed by atoms with Crippen molar-refractivity contribution in [3.63, 3.8) is 0 Å². The molecule has 3 heterocycles. The number of hydrogen-bond acceptors (Lipinski definition) is 6. The highest BCUT2D eigenvalue weighted by Crippen LogP contribution is 2.27. The van der Waals surface area contributed by atoms with Gasteiger partial charge in [-0.1, -0.05) is 18.5 Å². The monoisotopic (exact) mass is 429 g/mol. The smallest absolute Gasteiger partial charge is 0.256 e. The van der Waals surface area contributed by atoms with Crippen LogP contribution in [0.3, 0.4) is 0 Å². The van der Waals surface area contributed by atoms with Crippen LogP contribution in [0.2, 0.25) is 5.02 Å². The van der Waals surface area contributed by atoms with E-state index in [-0.39, 0.29) is 17.9 Å². The lowest BCUT2D eigenvalue weighted by atomic mass is 9.90. The van der Waals surface area contributed by atoms with Crippen LogP contribution in [-0.4, -0.2) is 54.9 Å². The van der Waals surface area contributed by atoms with Gasteiger partial charge in [0.25, 0.3) is 5.91 Å². The van der Waals surface area contributed by atoms with Crippen LogP contribution in [0.25, 0.3) is 5.69 Å². The summed E-state index contributed by atoms with van der Waals surface area (Å²) >= 11 is 5.84. The lowest BCUT2D eigenvalue weighted by Crippen LogP contribution is -2.51. The third-order valence-corrected chi connectivity index (χ3v) is 5.49. The third-order valence-electron chi connectivity index (χ3n) is 5.29. The molecular formula is C20H21ClFN7O. The van der Waals surface area contributed by atoms with Crippen LogP contribution in [0.15, 0.2) is 43.0 Å². The zero-order valence-corrected chi connectivity index (χ0v) is 17.1. The molecule has 10 heteroatoms. The molecular weight excluding hydrogens is 409 g/mol. The van der Waals surface area contributed by atoms with Gasteiger partial charge in [-0.3, -0.25) is 4.79 Å². The second-order valence-electron chi connectivity index (χ2n) is 7.27. The van der Waals surface area contributed by atoms with Crippen molar-refractivity contribution in [1.29, 1.82) is 0 Å². The molecule has 0 radical (unpaired) electrons. The molecule has 4 rings (SSSR count). The molecule has 1 aromatic carbocycles. The molecule has 2 aromatic heterocycles. The molecule has 156 valence electrons. The minimum absolute atomic E-state index is 0.0750. The van der Waals surface area contributed by atoms with Crippen LogP contribution in [0.4, 0.5) is 10.3 Å². The minimum atomic E-state index is -0.455. The van der Waals surface area contributed by atoms with E-state index in [9.17, 15) is 9.18 Å². The zero-order chi connectivity index (χ0) is 21.1. The number of hydrogen-bond donors (Lipinski definition) is 1. The number of carbonyl (C=O) groups is 1. The van der Waals surface area contributed by atoms with Crippen molar-refractivity contribution < 1.29 is 9.18 Å². The first-order valence-corrected chi connectivity index (χ1v) is 10.1. The fourth-order valence-electron chi connectivity index (χ4n) is 3.76. The van der Waals surface area contributed by atoms with Crippen molar-refractivity contribution in [3.05, 3.63) is 59.4 Å². The SMILES string of the molecule is CC1CCCN(C(=O)c2ccc(F)cc2-n2nccn2)[C@@H]1CNc1ncc(Cl)cn1. The Balaban J connectivity index is 1.59. The summed E-state index contributed by atoms with van der Waals surface area (Å²) in [4.78, 5) is 24.9. The van der Waals surface area contributed by atoms with Crippen LogP contribution >= 0.6 is 11.6 Å². The van der Waals surface area contributed by atoms with Gasteiger partial charge in [0, 0.05) is 19.2 Å². The molecule has 1 fully saturated rings. The number of nitrogens with one attached hydrogen (secondary N) is 1. The summed E-state index contributed by atoms with van der Waals surface area (Å²) in [6.07, 6.45) is 7.92. The number of likely N-dealkylation sites (tertiary alicyclic amines) is 1. The van der Waals surface area contributed by atoms with Gasteiger partial charge in [0.1, 0.15) is 11.5 Å². The normalized spacial score (nSPS) is 19.0. The largest absolute Gasteiger partial charge is 0.352 e. The summed E-state index contributed by atoms with van der Waals surface area (Å²) in [6.45, 7) is 3.22. The van der Waals surface area contributed by atoms with Gasteiger partial charge >= 0.3 is 0 Å². The number of amides is 1. The standard InChI is InChI=1S/C20H21ClFN7O/c1-13-3-2-8-28(18(13)12-25-20-23-10-14(21)11-24-20)19(30)16-5-4-15(22)9-17(16)29-26-6-7-27-29/h4-7,9-11,13,18H,2-3,8,12H2,1H3,(H,23,24,25)/t13?,18-/m1/s1. The van der Waals surface area contributed by atoms with E-state index < -0.39 is 5.82 Å². The summed E-state index contributed by atoms with van der Waals surface area (Å²) in [6, 6.07) is 3.97. The first-order valence-electron chi connectivity index (χ1n) is 9.71. The van der Waals surface area contributed by atoms with Gasteiger partial charge in [-0.2, -0.15) is 15.0 Å². The predicted molar refractivity (Wildman–Crippen MR) is 110 cm³/mol. The number of carbonyl (C=O) groups excluding carboxylic acids is 1. The molecule has 1 aliphatic rings. The van der Waals surface area contributed by atoms with Crippen LogP contribution in [-0.2, 0) is 0 Å². The highest BCUT2D eigenvalue weighted by Gasteiger charge is 2.33. The number of rotatable bonds is 5. The van der Waals surface area contributed by atoms with E-state index in [1.54, 1.807) is 0 Å². The van der Waals surface area contributed by atoms with Gasteiger partial charge in [-0.15, -0.1) is 0 Å². The molecule has 0 spiro atoms. The van der Waals surface area contributed by atoms with E-state index in [1.807, 2.05) is 4.90 Å². The molecule has 0 bridgehead atoms. The average molecular weight is 430 g/mol. The van der Waals surface area contributed by atoms with Gasteiger partial charge in [0.15, 0.2) is 0 Å². The molecule has 30 heavy (non-hydrogen) atoms. The lowest BCUT2D eigenvalue weighted by molar-refractivity contribution is 0.0539. The number of anilines is 1. The second kappa shape index (κ2) is 8.74. The van der Waals surface area contributed by atoms with Gasteiger partial charge < -0.3 is 10.2 Å². The Kier molecular flexibility index (Phi) is 5.89. The maximum absolute atomic E-state index is 13.9. The van der Waals surface area contributed by atoms with Gasteiger partial charge in [0.2, 0.25) is 5.95 Å². The maximum Gasteiger partial charge on any atom is 0.256 e. The van der Waals surface area contributed by atoms with Gasteiger partial charge in [-0.25, -0.2) is 14.4 Å². The molecule has 1 saturated heterocycles. The van der Waals surface area contributed by atoms with Gasteiger partial charge in [-0.05, 0) is 30.9 Å². The second-order valence-corrected chi connectivity index (χ2v) is 7.71. The Morgan fingerprint density at radius 3 is 2.73 bits per heavy atom. The van der Waals surface area contributed by atoms with Crippen molar-refractivity contribution in [2.24, 2.45) is 5.92 Å². The molecule has 1 unspecified atom stereocenters. The van der Waals surface area contributed by atoms with Crippen molar-refractivity contribution in [3.8, 4) is 5.69 Å². The minimum Gasteiger partial charge on any atom is -0.352 e. The maximum atomic E-state index is 13.9. The van der Waals surface area contributed by atoms with E-state index in [0.717, 1.165) is 12.8 Å². The Morgan fingerprint density at radius 1 is 1.27 bits per heavy atom. The summed E-state index contributed by atoms with van der Waals surface area (Å²) in [5.41, 5.74) is 0.672. The van der Waals surface area contributed by atoms with E-state index in [4.69, 9.17) is 11.6 Å². The number of piperidine rings is 1. The molecule has 8 nitrogen and oxygen atoms in total. The predicted octanol–water partition coefficient (Wildman–Crippen LogP) is 3.20. The number of nitrogens with zero attached hydrogens (tertiary/aromatic N) is 6. The van der Waals surface area contributed by atoms with E-state index in [2.05, 4.69) is 32.4 Å². The highest BCUT2D eigenvalue weighted by atomic mass is 35.5. The van der Waals surface area contributed by atoms with E-state index in [1.165, 1.54) is 47.8 Å². The first-order chi connectivity index (χ1) is 14.5. The van der Waals surface area contributed by atoms with E-state index in [0.29, 0.717) is 35.3 Å². The Hall–Kier alpha value is -3.07. The van der Waals surface area contributed by atoms with Crippen molar-refractivity contribution in [1.82, 2.24) is 29.9 Å². The first kappa shape index (κ1) is 20.2. The molecule has 1 aliphatic heterocycles. The molecule has 0 saturated carbocycles. The van der Waals surface area contributed by atoms with Crippen molar-refractivity contribution in [2.45, 2.75) is 25.8 Å². The third kappa shape index (κ3) is 4.25. The molecule has 2 atom stereocenters. The molecule has 1 N–H and O–H groups in total. The average Bonchev–Trinajstić information content (AvgIpc) is 3.28. The topological polar surface area (TPSA) is 88.8 Å². The van der Waals surface area contributed by atoms with Gasteiger partial charge in [0.05, 0.1) is 41.4 Å². The highest BCUT2D eigenvalue weighted by molar-refractivity contribution is 6.30. The summed E-state index contributed by atoms with van der Waals surface area (Å²) < 4.78 is 13.9. The summed E-state index contributed by atoms with van der Waals surface area (Å²) in [5.74, 6) is 0.0867. The Labute approximate surface area is 178 Å². The Morgan fingerprint density at radius 2 is 2.00 bits per heavy atom. The van der Waals surface area contributed by atoms with Crippen LogP contribution in [0, 0.1) is 11.7 Å². The zero-order valence-electron chi connectivity index (χ0n) is 16.4. The van der Waals surface area contributed by atoms with Crippen molar-refractivity contribution in [2.75, 3.05) is 18.4 Å². The summed E-state index contributed by atoms with van der Waals surface area (Å²) in [5, 5.41) is 11.8. The Bertz CT molecular complexity index is 1010. The number of halogens is 2. The van der Waals surface area contributed by atoms with E-state index >= 15 is 0 Å². The van der Waals surface area contributed by atoms with Crippen LogP contribution < -0.4 is 5.32 Å². The van der Waals surface area contributed by atoms with Crippen molar-refractivity contribution >= 4 is 23.5 Å². The summed E-state index contributed by atoms with van der Waals surface area (Å²) in [7, 11) is 0. The molecule has 0 aliphatic carbocycles. The lowest BCUT2D eigenvalue weighted by Gasteiger charge is -2.40. The molecule has 1 amide bonds. The fraction of sp³-hybridized carbons (Fsp3) is 0.350. The quantitative estimate of drug-likeness (QED) is 0.670.